The number of amides is 2. The molecule has 0 aliphatic heterocycles. The Morgan fingerprint density at radius 3 is 2.32 bits per heavy atom. The summed E-state index contributed by atoms with van der Waals surface area (Å²) in [5.74, 6) is -0.258. The predicted molar refractivity (Wildman–Crippen MR) is 126 cm³/mol. The van der Waals surface area contributed by atoms with Crippen LogP contribution in [0.25, 0.3) is 0 Å². The standard InChI is InChI=1S/C23H27Cl3N2O3/c1-5-19(22(30)27-23(2,3)4)28(13-15-8-6-7-9-17(15)25)21(29)14-31-20-11-10-16(24)12-18(20)26/h6-12,19H,5,13-14H2,1-4H3,(H,27,30)/t19-/m1/s1. The molecule has 0 unspecified atom stereocenters. The van der Waals surface area contributed by atoms with Crippen LogP contribution in [0.1, 0.15) is 39.7 Å². The van der Waals surface area contributed by atoms with Gasteiger partial charge in [-0.15, -0.1) is 0 Å². The van der Waals surface area contributed by atoms with Gasteiger partial charge in [-0.3, -0.25) is 9.59 Å². The molecular formula is C23H27Cl3N2O3. The van der Waals surface area contributed by atoms with Crippen LogP contribution in [0.5, 0.6) is 5.75 Å². The van der Waals surface area contributed by atoms with E-state index in [9.17, 15) is 9.59 Å². The molecule has 8 heteroatoms. The minimum Gasteiger partial charge on any atom is -0.482 e. The monoisotopic (exact) mass is 484 g/mol. The molecule has 0 aromatic heterocycles. The molecule has 0 saturated heterocycles. The van der Waals surface area contributed by atoms with Crippen LogP contribution in [0.15, 0.2) is 42.5 Å². The number of hydrogen-bond donors (Lipinski definition) is 1. The van der Waals surface area contributed by atoms with Crippen molar-refractivity contribution in [2.75, 3.05) is 6.61 Å². The molecule has 31 heavy (non-hydrogen) atoms. The summed E-state index contributed by atoms with van der Waals surface area (Å²) in [5, 5.41) is 4.24. The molecule has 2 amide bonds. The number of nitrogens with zero attached hydrogens (tertiary/aromatic N) is 1. The molecule has 5 nitrogen and oxygen atoms in total. The zero-order chi connectivity index (χ0) is 23.2. The zero-order valence-corrected chi connectivity index (χ0v) is 20.3. The molecule has 0 spiro atoms. The van der Waals surface area contributed by atoms with Crippen LogP contribution in [0, 0.1) is 0 Å². The van der Waals surface area contributed by atoms with Crippen LogP contribution in [0.2, 0.25) is 15.1 Å². The summed E-state index contributed by atoms with van der Waals surface area (Å²) >= 11 is 18.4. The molecule has 168 valence electrons. The summed E-state index contributed by atoms with van der Waals surface area (Å²) in [5.41, 5.74) is 0.306. The van der Waals surface area contributed by atoms with Crippen molar-refractivity contribution >= 4 is 46.6 Å². The van der Waals surface area contributed by atoms with Crippen molar-refractivity contribution in [1.82, 2.24) is 10.2 Å². The van der Waals surface area contributed by atoms with Crippen LogP contribution in [0.4, 0.5) is 0 Å². The van der Waals surface area contributed by atoms with Crippen molar-refractivity contribution in [3.8, 4) is 5.75 Å². The summed E-state index contributed by atoms with van der Waals surface area (Å²) in [6.45, 7) is 7.42. The van der Waals surface area contributed by atoms with Crippen LogP contribution in [-0.4, -0.2) is 34.9 Å². The van der Waals surface area contributed by atoms with Crippen LogP contribution < -0.4 is 10.1 Å². The fraction of sp³-hybridized carbons (Fsp3) is 0.391. The van der Waals surface area contributed by atoms with E-state index in [1.165, 1.54) is 11.0 Å². The lowest BCUT2D eigenvalue weighted by Gasteiger charge is -2.33. The van der Waals surface area contributed by atoms with Gasteiger partial charge in [0, 0.05) is 22.1 Å². The van der Waals surface area contributed by atoms with Gasteiger partial charge in [-0.2, -0.15) is 0 Å². The minimum atomic E-state index is -0.688. The maximum absolute atomic E-state index is 13.2. The van der Waals surface area contributed by atoms with E-state index in [0.717, 1.165) is 5.56 Å². The second kappa shape index (κ2) is 11.1. The Kier molecular flexibility index (Phi) is 9.04. The van der Waals surface area contributed by atoms with Crippen LogP contribution in [-0.2, 0) is 16.1 Å². The van der Waals surface area contributed by atoms with Gasteiger partial charge in [0.05, 0.1) is 5.02 Å². The smallest absolute Gasteiger partial charge is 0.261 e. The van der Waals surface area contributed by atoms with Gasteiger partial charge in [0.15, 0.2) is 6.61 Å². The third-order valence-electron chi connectivity index (χ3n) is 4.43. The van der Waals surface area contributed by atoms with Crippen LogP contribution in [0.3, 0.4) is 0 Å². The fourth-order valence-electron chi connectivity index (χ4n) is 3.00. The van der Waals surface area contributed by atoms with Gasteiger partial charge >= 0.3 is 0 Å². The van der Waals surface area contributed by atoms with E-state index in [0.29, 0.717) is 27.2 Å². The first-order valence-electron chi connectivity index (χ1n) is 9.94. The lowest BCUT2D eigenvalue weighted by atomic mass is 10.1. The quantitative estimate of drug-likeness (QED) is 0.518. The lowest BCUT2D eigenvalue weighted by Crippen LogP contribution is -2.54. The number of halogens is 3. The molecule has 0 radical (unpaired) electrons. The Morgan fingerprint density at radius 1 is 1.06 bits per heavy atom. The first kappa shape index (κ1) is 25.3. The Morgan fingerprint density at radius 2 is 1.74 bits per heavy atom. The summed E-state index contributed by atoms with van der Waals surface area (Å²) in [4.78, 5) is 27.6. The number of rotatable bonds is 8. The van der Waals surface area contributed by atoms with Crippen LogP contribution >= 0.6 is 34.8 Å². The highest BCUT2D eigenvalue weighted by atomic mass is 35.5. The highest BCUT2D eigenvalue weighted by Gasteiger charge is 2.31. The predicted octanol–water partition coefficient (Wildman–Crippen LogP) is 5.75. The number of carbonyl (C=O) groups is 2. The first-order valence-corrected chi connectivity index (χ1v) is 11.1. The molecule has 1 atom stereocenters. The Labute approximate surface area is 198 Å². The van der Waals surface area contributed by atoms with Crippen molar-refractivity contribution in [2.45, 2.75) is 52.2 Å². The van der Waals surface area contributed by atoms with Gasteiger partial charge in [-0.1, -0.05) is 59.9 Å². The second-order valence-corrected chi connectivity index (χ2v) is 9.39. The molecular weight excluding hydrogens is 459 g/mol. The average Bonchev–Trinajstić information content (AvgIpc) is 2.67. The van der Waals surface area contributed by atoms with Gasteiger partial charge < -0.3 is 15.0 Å². The van der Waals surface area contributed by atoms with Gasteiger partial charge in [-0.05, 0) is 57.0 Å². The maximum atomic E-state index is 13.2. The molecule has 0 bridgehead atoms. The molecule has 0 saturated carbocycles. The number of nitrogens with one attached hydrogen (secondary N) is 1. The fourth-order valence-corrected chi connectivity index (χ4v) is 3.66. The maximum Gasteiger partial charge on any atom is 0.261 e. The van der Waals surface area contributed by atoms with E-state index in [1.807, 2.05) is 45.9 Å². The molecule has 2 aromatic rings. The number of ether oxygens (including phenoxy) is 1. The van der Waals surface area contributed by atoms with Crippen molar-refractivity contribution in [3.63, 3.8) is 0 Å². The average molecular weight is 486 g/mol. The van der Waals surface area contributed by atoms with E-state index < -0.39 is 11.6 Å². The first-order chi connectivity index (χ1) is 14.5. The third kappa shape index (κ3) is 7.60. The van der Waals surface area contributed by atoms with Gasteiger partial charge in [0.25, 0.3) is 5.91 Å². The third-order valence-corrected chi connectivity index (χ3v) is 5.33. The largest absolute Gasteiger partial charge is 0.482 e. The van der Waals surface area contributed by atoms with Crippen molar-refractivity contribution in [2.24, 2.45) is 0 Å². The summed E-state index contributed by atoms with van der Waals surface area (Å²) in [7, 11) is 0. The van der Waals surface area contributed by atoms with E-state index in [1.54, 1.807) is 18.2 Å². The van der Waals surface area contributed by atoms with Gasteiger partial charge in [0.1, 0.15) is 11.8 Å². The number of carbonyl (C=O) groups excluding carboxylic acids is 2. The molecule has 1 N–H and O–H groups in total. The zero-order valence-electron chi connectivity index (χ0n) is 18.0. The lowest BCUT2D eigenvalue weighted by molar-refractivity contribution is -0.143. The summed E-state index contributed by atoms with van der Waals surface area (Å²) in [6, 6.07) is 11.3. The summed E-state index contributed by atoms with van der Waals surface area (Å²) in [6.07, 6.45) is 0.430. The topological polar surface area (TPSA) is 58.6 Å². The number of hydrogen-bond acceptors (Lipinski definition) is 3. The normalized spacial score (nSPS) is 12.2. The van der Waals surface area contributed by atoms with E-state index in [2.05, 4.69) is 5.32 Å². The molecule has 0 aliphatic carbocycles. The SMILES string of the molecule is CC[C@H](C(=O)NC(C)(C)C)N(Cc1ccccc1Cl)C(=O)COc1ccc(Cl)cc1Cl. The van der Waals surface area contributed by atoms with E-state index >= 15 is 0 Å². The van der Waals surface area contributed by atoms with E-state index in [-0.39, 0.29) is 25.0 Å². The highest BCUT2D eigenvalue weighted by Crippen LogP contribution is 2.28. The molecule has 0 heterocycles. The Bertz CT molecular complexity index is 929. The Hall–Kier alpha value is -1.95. The highest BCUT2D eigenvalue weighted by molar-refractivity contribution is 6.35. The number of benzene rings is 2. The van der Waals surface area contributed by atoms with Gasteiger partial charge in [0.2, 0.25) is 5.91 Å². The van der Waals surface area contributed by atoms with Crippen molar-refractivity contribution in [1.29, 1.82) is 0 Å². The van der Waals surface area contributed by atoms with Gasteiger partial charge in [-0.25, -0.2) is 0 Å². The van der Waals surface area contributed by atoms with Crippen molar-refractivity contribution < 1.29 is 14.3 Å². The Balaban J connectivity index is 2.27. The van der Waals surface area contributed by atoms with E-state index in [4.69, 9.17) is 39.5 Å². The molecule has 2 aromatic carbocycles. The second-order valence-electron chi connectivity index (χ2n) is 8.14. The van der Waals surface area contributed by atoms with Crippen molar-refractivity contribution in [3.05, 3.63) is 63.1 Å². The minimum absolute atomic E-state index is 0.173. The summed E-state index contributed by atoms with van der Waals surface area (Å²) < 4.78 is 5.63. The molecule has 2 rings (SSSR count). The molecule has 0 aliphatic rings. The molecule has 0 fully saturated rings.